The monoisotopic (exact) mass is 513 g/mol. The molecule has 0 saturated carbocycles. The van der Waals surface area contributed by atoms with Crippen molar-refractivity contribution in [3.8, 4) is 0 Å². The molecule has 8 heteroatoms. The van der Waals surface area contributed by atoms with Crippen LogP contribution in [0.3, 0.4) is 0 Å². The van der Waals surface area contributed by atoms with Crippen LogP contribution >= 0.6 is 24.0 Å². The van der Waals surface area contributed by atoms with Gasteiger partial charge in [0.2, 0.25) is 0 Å². The molecule has 1 spiro atoms. The lowest BCUT2D eigenvalue weighted by atomic mass is 9.76. The standard InChI is InChI=1S/C19H35N3O3S.HI/c1-3-16(2)21-18(20-12-17-6-11-26(23,24)13-17)22-9-4-7-19(14-22)8-5-10-25-15-19;/h16-17H,3-15H2,1-2H3,(H,20,21);1H. The van der Waals surface area contributed by atoms with Gasteiger partial charge in [0.05, 0.1) is 18.1 Å². The highest BCUT2D eigenvalue weighted by atomic mass is 127. The van der Waals surface area contributed by atoms with Crippen LogP contribution < -0.4 is 5.32 Å². The van der Waals surface area contributed by atoms with E-state index in [-0.39, 0.29) is 35.3 Å². The van der Waals surface area contributed by atoms with Crippen LogP contribution in [0.15, 0.2) is 4.99 Å². The Bertz CT molecular complexity index is 600. The number of rotatable bonds is 4. The lowest BCUT2D eigenvalue weighted by Crippen LogP contribution is -2.54. The van der Waals surface area contributed by atoms with Crippen molar-refractivity contribution in [2.24, 2.45) is 16.3 Å². The summed E-state index contributed by atoms with van der Waals surface area (Å²) in [6, 6.07) is 0.363. The topological polar surface area (TPSA) is 71.0 Å². The van der Waals surface area contributed by atoms with E-state index in [4.69, 9.17) is 9.73 Å². The first-order valence-electron chi connectivity index (χ1n) is 10.3. The van der Waals surface area contributed by atoms with Gasteiger partial charge >= 0.3 is 0 Å². The molecule has 0 radical (unpaired) electrons. The molecule has 3 heterocycles. The number of likely N-dealkylation sites (tertiary alicyclic amines) is 1. The molecule has 3 fully saturated rings. The van der Waals surface area contributed by atoms with Crippen molar-refractivity contribution in [3.63, 3.8) is 0 Å². The molecular weight excluding hydrogens is 477 g/mol. The van der Waals surface area contributed by atoms with Crippen molar-refractivity contribution in [3.05, 3.63) is 0 Å². The number of nitrogens with one attached hydrogen (secondary N) is 1. The minimum atomic E-state index is -2.84. The molecule has 1 N–H and O–H groups in total. The summed E-state index contributed by atoms with van der Waals surface area (Å²) in [5, 5.41) is 3.59. The molecule has 0 amide bonds. The molecular formula is C19H36IN3O3S. The fourth-order valence-corrected chi connectivity index (χ4v) is 6.26. The Kier molecular flexibility index (Phi) is 8.67. The summed E-state index contributed by atoms with van der Waals surface area (Å²) in [5.74, 6) is 1.76. The van der Waals surface area contributed by atoms with E-state index in [1.807, 2.05) is 0 Å². The molecule has 0 aromatic rings. The van der Waals surface area contributed by atoms with E-state index in [0.717, 1.165) is 51.5 Å². The Morgan fingerprint density at radius 1 is 1.37 bits per heavy atom. The van der Waals surface area contributed by atoms with Crippen molar-refractivity contribution < 1.29 is 13.2 Å². The summed E-state index contributed by atoms with van der Waals surface area (Å²) in [4.78, 5) is 7.28. The summed E-state index contributed by atoms with van der Waals surface area (Å²) in [6.45, 7) is 8.73. The van der Waals surface area contributed by atoms with Crippen molar-refractivity contribution in [2.75, 3.05) is 44.4 Å². The minimum Gasteiger partial charge on any atom is -0.381 e. The van der Waals surface area contributed by atoms with Crippen LogP contribution in [0.1, 0.15) is 52.4 Å². The fourth-order valence-electron chi connectivity index (χ4n) is 4.41. The number of hydrogen-bond donors (Lipinski definition) is 1. The van der Waals surface area contributed by atoms with Gasteiger partial charge in [-0.15, -0.1) is 24.0 Å². The van der Waals surface area contributed by atoms with Crippen LogP contribution in [0.25, 0.3) is 0 Å². The van der Waals surface area contributed by atoms with Gasteiger partial charge in [0, 0.05) is 37.7 Å². The van der Waals surface area contributed by atoms with Crippen LogP contribution in [0.4, 0.5) is 0 Å². The predicted molar refractivity (Wildman–Crippen MR) is 121 cm³/mol. The van der Waals surface area contributed by atoms with E-state index in [9.17, 15) is 8.42 Å². The molecule has 3 rings (SSSR count). The lowest BCUT2D eigenvalue weighted by Gasteiger charge is -2.46. The fraction of sp³-hybridized carbons (Fsp3) is 0.947. The summed E-state index contributed by atoms with van der Waals surface area (Å²) in [7, 11) is -2.84. The number of halogens is 1. The van der Waals surface area contributed by atoms with E-state index in [2.05, 4.69) is 24.1 Å². The number of ether oxygens (including phenoxy) is 1. The third-order valence-corrected chi connectivity index (χ3v) is 8.02. The molecule has 0 aromatic heterocycles. The average molecular weight is 513 g/mol. The molecule has 3 aliphatic rings. The quantitative estimate of drug-likeness (QED) is 0.356. The Morgan fingerprint density at radius 3 is 2.78 bits per heavy atom. The lowest BCUT2D eigenvalue weighted by molar-refractivity contribution is -0.0371. The molecule has 3 aliphatic heterocycles. The molecule has 0 aliphatic carbocycles. The van der Waals surface area contributed by atoms with Crippen molar-refractivity contribution in [2.45, 2.75) is 58.4 Å². The van der Waals surface area contributed by atoms with Crippen molar-refractivity contribution >= 4 is 39.8 Å². The van der Waals surface area contributed by atoms with Gasteiger partial charge in [-0.25, -0.2) is 8.42 Å². The highest BCUT2D eigenvalue weighted by Crippen LogP contribution is 2.37. The SMILES string of the molecule is CCC(C)NC(=NCC1CCS(=O)(=O)C1)N1CCCC2(CCCOC2)C1.I. The van der Waals surface area contributed by atoms with Crippen molar-refractivity contribution in [1.29, 1.82) is 0 Å². The molecule has 158 valence electrons. The van der Waals surface area contributed by atoms with Gasteiger partial charge in [-0.2, -0.15) is 0 Å². The molecule has 3 atom stereocenters. The normalized spacial score (nSPS) is 32.1. The van der Waals surface area contributed by atoms with Gasteiger partial charge in [0.25, 0.3) is 0 Å². The van der Waals surface area contributed by atoms with Gasteiger partial charge in [0.15, 0.2) is 15.8 Å². The van der Waals surface area contributed by atoms with E-state index in [1.54, 1.807) is 0 Å². The van der Waals surface area contributed by atoms with Crippen LogP contribution in [-0.2, 0) is 14.6 Å². The first-order valence-corrected chi connectivity index (χ1v) is 12.1. The number of nitrogens with zero attached hydrogens (tertiary/aromatic N) is 2. The minimum absolute atomic E-state index is 0. The van der Waals surface area contributed by atoms with Crippen LogP contribution in [0.2, 0.25) is 0 Å². The molecule has 27 heavy (non-hydrogen) atoms. The Balaban J connectivity index is 0.00000261. The number of guanidine groups is 1. The number of aliphatic imine (C=N–C) groups is 1. The van der Waals surface area contributed by atoms with E-state index >= 15 is 0 Å². The van der Waals surface area contributed by atoms with Crippen LogP contribution in [-0.4, -0.2) is 69.7 Å². The maximum absolute atomic E-state index is 11.7. The summed E-state index contributed by atoms with van der Waals surface area (Å²) >= 11 is 0. The average Bonchev–Trinajstić information content (AvgIpc) is 2.98. The Labute approximate surface area is 181 Å². The highest BCUT2D eigenvalue weighted by molar-refractivity contribution is 14.0. The molecule has 0 bridgehead atoms. The van der Waals surface area contributed by atoms with E-state index in [0.29, 0.717) is 24.1 Å². The van der Waals surface area contributed by atoms with Gasteiger partial charge in [-0.1, -0.05) is 6.92 Å². The van der Waals surface area contributed by atoms with Crippen molar-refractivity contribution in [1.82, 2.24) is 10.2 Å². The molecule has 0 aromatic carbocycles. The summed E-state index contributed by atoms with van der Waals surface area (Å²) in [6.07, 6.45) is 6.59. The number of hydrogen-bond acceptors (Lipinski definition) is 4. The largest absolute Gasteiger partial charge is 0.381 e. The van der Waals surface area contributed by atoms with E-state index in [1.165, 1.54) is 19.3 Å². The van der Waals surface area contributed by atoms with Crippen LogP contribution in [0.5, 0.6) is 0 Å². The zero-order valence-electron chi connectivity index (χ0n) is 16.8. The highest BCUT2D eigenvalue weighted by Gasteiger charge is 2.38. The van der Waals surface area contributed by atoms with Gasteiger partial charge in [-0.05, 0) is 51.4 Å². The third-order valence-electron chi connectivity index (χ3n) is 6.18. The Hall–Kier alpha value is -0.0900. The Morgan fingerprint density at radius 2 is 2.15 bits per heavy atom. The maximum Gasteiger partial charge on any atom is 0.194 e. The second kappa shape index (κ2) is 10.1. The second-order valence-electron chi connectivity index (χ2n) is 8.57. The predicted octanol–water partition coefficient (Wildman–Crippen LogP) is 2.68. The first kappa shape index (κ1) is 23.2. The zero-order chi connectivity index (χ0) is 18.6. The third kappa shape index (κ3) is 6.45. The number of sulfone groups is 1. The molecule has 6 nitrogen and oxygen atoms in total. The van der Waals surface area contributed by atoms with Gasteiger partial charge in [-0.3, -0.25) is 4.99 Å². The van der Waals surface area contributed by atoms with Crippen LogP contribution in [0, 0.1) is 11.3 Å². The van der Waals surface area contributed by atoms with Gasteiger partial charge in [0.1, 0.15) is 0 Å². The summed E-state index contributed by atoms with van der Waals surface area (Å²) in [5.41, 5.74) is 0.269. The zero-order valence-corrected chi connectivity index (χ0v) is 19.9. The first-order chi connectivity index (χ1) is 12.4. The molecule has 3 saturated heterocycles. The number of piperidine rings is 1. The maximum atomic E-state index is 11.7. The molecule has 3 unspecified atom stereocenters. The summed E-state index contributed by atoms with van der Waals surface area (Å²) < 4.78 is 29.3. The smallest absolute Gasteiger partial charge is 0.194 e. The van der Waals surface area contributed by atoms with Gasteiger partial charge < -0.3 is 15.0 Å². The van der Waals surface area contributed by atoms with E-state index < -0.39 is 9.84 Å². The second-order valence-corrected chi connectivity index (χ2v) is 10.8.